The van der Waals surface area contributed by atoms with E-state index in [-0.39, 0.29) is 17.4 Å². The second-order valence-electron chi connectivity index (χ2n) is 9.54. The number of carbonyl (C=O) groups excluding carboxylic acids is 1. The van der Waals surface area contributed by atoms with Crippen molar-refractivity contribution in [2.45, 2.75) is 38.0 Å². The lowest BCUT2D eigenvalue weighted by molar-refractivity contribution is -0.137. The maximum atomic E-state index is 14.0. The molecule has 5 rings (SSSR count). The van der Waals surface area contributed by atoms with Crippen LogP contribution in [-0.4, -0.2) is 43.0 Å². The second kappa shape index (κ2) is 11.3. The fourth-order valence-corrected chi connectivity index (χ4v) is 4.85. The molecular formula is C29H27F4N5O. The summed E-state index contributed by atoms with van der Waals surface area (Å²) in [5, 5.41) is 0. The van der Waals surface area contributed by atoms with Gasteiger partial charge in [-0.25, -0.2) is 14.4 Å². The first kappa shape index (κ1) is 26.4. The van der Waals surface area contributed by atoms with Gasteiger partial charge < -0.3 is 14.0 Å². The van der Waals surface area contributed by atoms with Crippen molar-refractivity contribution in [2.75, 3.05) is 13.1 Å². The van der Waals surface area contributed by atoms with E-state index in [9.17, 15) is 22.4 Å². The molecule has 10 heteroatoms. The zero-order valence-corrected chi connectivity index (χ0v) is 21.1. The maximum Gasteiger partial charge on any atom is 0.416 e. The zero-order chi connectivity index (χ0) is 27.4. The van der Waals surface area contributed by atoms with Crippen molar-refractivity contribution in [3.05, 3.63) is 114 Å². The van der Waals surface area contributed by atoms with Crippen LogP contribution in [0.3, 0.4) is 0 Å². The number of amides is 1. The summed E-state index contributed by atoms with van der Waals surface area (Å²) in [6, 6.07) is 12.3. The molecule has 1 fully saturated rings. The predicted molar refractivity (Wildman–Crippen MR) is 138 cm³/mol. The number of imidazole rings is 2. The minimum Gasteiger partial charge on any atom is -0.339 e. The fourth-order valence-electron chi connectivity index (χ4n) is 4.85. The van der Waals surface area contributed by atoms with Gasteiger partial charge in [-0.15, -0.1) is 0 Å². The Kier molecular flexibility index (Phi) is 7.63. The van der Waals surface area contributed by atoms with E-state index in [1.54, 1.807) is 17.3 Å². The van der Waals surface area contributed by atoms with Crippen molar-refractivity contribution >= 4 is 12.0 Å². The van der Waals surface area contributed by atoms with Crippen LogP contribution in [0, 0.1) is 5.82 Å². The summed E-state index contributed by atoms with van der Waals surface area (Å²) < 4.78 is 57.1. The molecule has 1 amide bonds. The van der Waals surface area contributed by atoms with E-state index >= 15 is 0 Å². The summed E-state index contributed by atoms with van der Waals surface area (Å²) in [4.78, 5) is 23.4. The van der Waals surface area contributed by atoms with Gasteiger partial charge >= 0.3 is 6.18 Å². The molecule has 0 atom stereocenters. The van der Waals surface area contributed by atoms with Gasteiger partial charge in [0.25, 0.3) is 0 Å². The van der Waals surface area contributed by atoms with Crippen LogP contribution in [0.1, 0.15) is 47.1 Å². The maximum absolute atomic E-state index is 14.0. The zero-order valence-electron chi connectivity index (χ0n) is 21.1. The van der Waals surface area contributed by atoms with E-state index in [1.165, 1.54) is 5.56 Å². The van der Waals surface area contributed by atoms with Gasteiger partial charge in [0.1, 0.15) is 17.5 Å². The Morgan fingerprint density at radius 3 is 2.41 bits per heavy atom. The fraction of sp³-hybridized carbons (Fsp3) is 0.276. The first-order valence-corrected chi connectivity index (χ1v) is 12.7. The van der Waals surface area contributed by atoms with Gasteiger partial charge in [-0.2, -0.15) is 13.2 Å². The molecule has 2 aromatic heterocycles. The average Bonchev–Trinajstić information content (AvgIpc) is 3.58. The number of halogens is 4. The van der Waals surface area contributed by atoms with Crippen LogP contribution in [0.2, 0.25) is 0 Å². The third-order valence-corrected chi connectivity index (χ3v) is 6.96. The smallest absolute Gasteiger partial charge is 0.339 e. The quantitative estimate of drug-likeness (QED) is 0.223. The van der Waals surface area contributed by atoms with Gasteiger partial charge in [-0.1, -0.05) is 30.3 Å². The Balaban J connectivity index is 1.20. The summed E-state index contributed by atoms with van der Waals surface area (Å²) >= 11 is 0. The van der Waals surface area contributed by atoms with Gasteiger partial charge in [0.2, 0.25) is 5.91 Å². The Bertz CT molecular complexity index is 1450. The van der Waals surface area contributed by atoms with Crippen molar-refractivity contribution in [2.24, 2.45) is 0 Å². The van der Waals surface area contributed by atoms with Gasteiger partial charge in [0.05, 0.1) is 12.1 Å². The summed E-state index contributed by atoms with van der Waals surface area (Å²) in [7, 11) is 0. The number of benzene rings is 2. The van der Waals surface area contributed by atoms with Crippen LogP contribution < -0.4 is 0 Å². The SMILES string of the molecule is O=C(C=Cc1cc(C(F)(F)F)ccc1F)N1CCC(c2nccn2Cc2nccn2Cc2ccccc2)CC1. The number of rotatable bonds is 7. The molecule has 39 heavy (non-hydrogen) atoms. The van der Waals surface area contributed by atoms with Crippen molar-refractivity contribution in [1.29, 1.82) is 0 Å². The summed E-state index contributed by atoms with van der Waals surface area (Å²) in [6.07, 6.45) is 6.47. The molecule has 202 valence electrons. The molecule has 4 aromatic rings. The van der Waals surface area contributed by atoms with E-state index in [4.69, 9.17) is 0 Å². The number of alkyl halides is 3. The van der Waals surface area contributed by atoms with Gasteiger partial charge in [-0.05, 0) is 42.7 Å². The highest BCUT2D eigenvalue weighted by Crippen LogP contribution is 2.31. The third kappa shape index (κ3) is 6.27. The predicted octanol–water partition coefficient (Wildman–Crippen LogP) is 5.75. The Morgan fingerprint density at radius 1 is 0.949 bits per heavy atom. The highest BCUT2D eigenvalue weighted by Gasteiger charge is 2.31. The van der Waals surface area contributed by atoms with Crippen molar-refractivity contribution < 1.29 is 22.4 Å². The number of aromatic nitrogens is 4. The van der Waals surface area contributed by atoms with Crippen LogP contribution in [0.4, 0.5) is 17.6 Å². The minimum atomic E-state index is -4.59. The number of nitrogens with zero attached hydrogens (tertiary/aromatic N) is 5. The highest BCUT2D eigenvalue weighted by atomic mass is 19.4. The summed E-state index contributed by atoms with van der Waals surface area (Å²) in [5.74, 6) is 0.806. The molecule has 0 aliphatic carbocycles. The Hall–Kier alpha value is -4.21. The molecule has 3 heterocycles. The molecule has 2 aromatic carbocycles. The molecule has 1 saturated heterocycles. The molecule has 0 N–H and O–H groups in total. The van der Waals surface area contributed by atoms with Crippen LogP contribution in [0.5, 0.6) is 0 Å². The lowest BCUT2D eigenvalue weighted by Crippen LogP contribution is -2.37. The number of hydrogen-bond acceptors (Lipinski definition) is 3. The van der Waals surface area contributed by atoms with Crippen molar-refractivity contribution in [3.8, 4) is 0 Å². The monoisotopic (exact) mass is 537 g/mol. The van der Waals surface area contributed by atoms with Crippen LogP contribution in [-0.2, 0) is 24.1 Å². The Labute approximate surface area is 223 Å². The molecule has 0 spiro atoms. The number of likely N-dealkylation sites (tertiary alicyclic amines) is 1. The van der Waals surface area contributed by atoms with Gasteiger partial charge in [-0.3, -0.25) is 4.79 Å². The molecule has 0 saturated carbocycles. The van der Waals surface area contributed by atoms with Gasteiger partial charge in [0, 0.05) is 62.0 Å². The molecule has 1 aliphatic rings. The second-order valence-corrected chi connectivity index (χ2v) is 9.54. The molecule has 1 aliphatic heterocycles. The molecule has 6 nitrogen and oxygen atoms in total. The third-order valence-electron chi connectivity index (χ3n) is 6.96. The molecular weight excluding hydrogens is 510 g/mol. The number of piperidine rings is 1. The first-order valence-electron chi connectivity index (χ1n) is 12.7. The van der Waals surface area contributed by atoms with Crippen LogP contribution >= 0.6 is 0 Å². The van der Waals surface area contributed by atoms with E-state index in [0.717, 1.165) is 36.4 Å². The topological polar surface area (TPSA) is 56.0 Å². The standard InChI is InChI=1S/C29H27F4N5O/c30-25-8-7-24(29(31,32)33)18-23(25)6-9-27(39)36-14-10-22(11-15-36)28-35-13-17-38(28)20-26-34-12-16-37(26)19-21-4-2-1-3-5-21/h1-9,12-13,16-18,22H,10-11,14-15,19-20H2. The first-order chi connectivity index (χ1) is 18.8. The largest absolute Gasteiger partial charge is 0.416 e. The molecule has 0 bridgehead atoms. The van der Waals surface area contributed by atoms with E-state index in [0.29, 0.717) is 44.6 Å². The van der Waals surface area contributed by atoms with E-state index < -0.39 is 17.6 Å². The van der Waals surface area contributed by atoms with E-state index in [1.807, 2.05) is 30.6 Å². The summed E-state index contributed by atoms with van der Waals surface area (Å²) in [6.45, 7) is 2.22. The van der Waals surface area contributed by atoms with Crippen molar-refractivity contribution in [1.82, 2.24) is 24.0 Å². The van der Waals surface area contributed by atoms with Crippen molar-refractivity contribution in [3.63, 3.8) is 0 Å². The minimum absolute atomic E-state index is 0.145. The number of hydrogen-bond donors (Lipinski definition) is 0. The lowest BCUT2D eigenvalue weighted by atomic mass is 9.95. The lowest BCUT2D eigenvalue weighted by Gasteiger charge is -2.31. The molecule has 0 radical (unpaired) electrons. The van der Waals surface area contributed by atoms with E-state index in [2.05, 4.69) is 31.2 Å². The Morgan fingerprint density at radius 2 is 1.67 bits per heavy atom. The average molecular weight is 538 g/mol. The highest BCUT2D eigenvalue weighted by molar-refractivity contribution is 5.91. The molecule has 0 unspecified atom stereocenters. The normalized spacial score (nSPS) is 14.8. The number of carbonyl (C=O) groups is 1. The van der Waals surface area contributed by atoms with Crippen LogP contribution in [0.15, 0.2) is 79.4 Å². The van der Waals surface area contributed by atoms with Crippen LogP contribution in [0.25, 0.3) is 6.08 Å². The summed E-state index contributed by atoms with van der Waals surface area (Å²) in [5.41, 5.74) is -0.0555. The van der Waals surface area contributed by atoms with Gasteiger partial charge in [0.15, 0.2) is 0 Å².